The number of aryl methyl sites for hydroxylation is 1. The van der Waals surface area contributed by atoms with Crippen LogP contribution in [0, 0.1) is 6.92 Å². The lowest BCUT2D eigenvalue weighted by Crippen LogP contribution is -2.32. The third-order valence-corrected chi connectivity index (χ3v) is 6.09. The molecule has 2 fully saturated rings. The topological polar surface area (TPSA) is 84.9 Å². The van der Waals surface area contributed by atoms with Crippen LogP contribution < -0.4 is 4.74 Å². The van der Waals surface area contributed by atoms with E-state index >= 15 is 0 Å². The molecule has 8 heteroatoms. The fourth-order valence-corrected chi connectivity index (χ4v) is 4.33. The van der Waals surface area contributed by atoms with Gasteiger partial charge >= 0.3 is 0 Å². The van der Waals surface area contributed by atoms with E-state index in [1.54, 1.807) is 37.6 Å². The summed E-state index contributed by atoms with van der Waals surface area (Å²) in [5, 5.41) is 0. The van der Waals surface area contributed by atoms with Crippen LogP contribution in [0.15, 0.2) is 30.5 Å². The Morgan fingerprint density at radius 1 is 1.03 bits per heavy atom. The largest absolute Gasteiger partial charge is 0.491 e. The van der Waals surface area contributed by atoms with Crippen LogP contribution in [0.3, 0.4) is 0 Å². The molecule has 4 rings (SSSR count). The Morgan fingerprint density at radius 2 is 1.78 bits per heavy atom. The zero-order valence-corrected chi connectivity index (χ0v) is 18.7. The highest BCUT2D eigenvalue weighted by Gasteiger charge is 2.33. The van der Waals surface area contributed by atoms with Gasteiger partial charge in [-0.25, -0.2) is 9.97 Å². The molecule has 0 bridgehead atoms. The lowest BCUT2D eigenvalue weighted by Gasteiger charge is -2.24. The molecule has 2 aliphatic heterocycles. The minimum atomic E-state index is -0.185. The Balaban J connectivity index is 1.46. The number of carbonyl (C=O) groups is 2. The van der Waals surface area contributed by atoms with Gasteiger partial charge in [-0.3, -0.25) is 9.59 Å². The van der Waals surface area contributed by atoms with E-state index < -0.39 is 0 Å². The highest BCUT2D eigenvalue weighted by atomic mass is 16.5. The molecular weight excluding hydrogens is 408 g/mol. The zero-order chi connectivity index (χ0) is 22.5. The first-order valence-electron chi connectivity index (χ1n) is 11.2. The minimum absolute atomic E-state index is 0.00119. The van der Waals surface area contributed by atoms with E-state index in [2.05, 4.69) is 9.97 Å². The molecule has 1 aromatic carbocycles. The predicted molar refractivity (Wildman–Crippen MR) is 119 cm³/mol. The normalized spacial score (nSPS) is 18.2. The maximum Gasteiger partial charge on any atom is 0.257 e. The van der Waals surface area contributed by atoms with Crippen LogP contribution in [-0.4, -0.2) is 71.5 Å². The quantitative estimate of drug-likeness (QED) is 0.618. The molecule has 0 N–H and O–H groups in total. The third kappa shape index (κ3) is 4.75. The molecular formula is C24H30N4O4. The van der Waals surface area contributed by atoms with Crippen LogP contribution in [0.25, 0.3) is 0 Å². The molecule has 8 nitrogen and oxygen atoms in total. The van der Waals surface area contributed by atoms with Gasteiger partial charge in [0.1, 0.15) is 12.4 Å². The summed E-state index contributed by atoms with van der Waals surface area (Å²) in [6.45, 7) is 5.07. The molecule has 2 aromatic rings. The summed E-state index contributed by atoms with van der Waals surface area (Å²) >= 11 is 0. The number of likely N-dealkylation sites (tertiary alicyclic amines) is 2. The first kappa shape index (κ1) is 22.2. The van der Waals surface area contributed by atoms with Gasteiger partial charge in [-0.05, 0) is 56.9 Å². The molecule has 2 aliphatic rings. The maximum atomic E-state index is 13.2. The van der Waals surface area contributed by atoms with E-state index in [4.69, 9.17) is 9.47 Å². The van der Waals surface area contributed by atoms with E-state index in [-0.39, 0.29) is 17.9 Å². The van der Waals surface area contributed by atoms with Gasteiger partial charge in [0.25, 0.3) is 11.8 Å². The summed E-state index contributed by atoms with van der Waals surface area (Å²) < 4.78 is 10.6. The van der Waals surface area contributed by atoms with Gasteiger partial charge in [0, 0.05) is 38.5 Å². The van der Waals surface area contributed by atoms with E-state index in [9.17, 15) is 9.59 Å². The average Bonchev–Trinajstić information content (AvgIpc) is 3.51. The summed E-state index contributed by atoms with van der Waals surface area (Å²) in [7, 11) is 1.63. The van der Waals surface area contributed by atoms with Crippen molar-refractivity contribution < 1.29 is 19.1 Å². The van der Waals surface area contributed by atoms with Crippen molar-refractivity contribution in [2.24, 2.45) is 0 Å². The summed E-state index contributed by atoms with van der Waals surface area (Å²) in [5.74, 6) is 1.26. The summed E-state index contributed by atoms with van der Waals surface area (Å²) in [5.41, 5.74) is 1.83. The molecule has 2 saturated heterocycles. The molecule has 32 heavy (non-hydrogen) atoms. The Kier molecular flexibility index (Phi) is 6.99. The lowest BCUT2D eigenvalue weighted by molar-refractivity contribution is 0.0727. The Labute approximate surface area is 188 Å². The number of hydrogen-bond donors (Lipinski definition) is 0. The maximum absolute atomic E-state index is 13.2. The fourth-order valence-electron chi connectivity index (χ4n) is 4.33. The van der Waals surface area contributed by atoms with Gasteiger partial charge in [0.05, 0.1) is 23.9 Å². The first-order chi connectivity index (χ1) is 15.6. The zero-order valence-electron chi connectivity index (χ0n) is 18.7. The fraction of sp³-hybridized carbons (Fsp3) is 0.500. The summed E-state index contributed by atoms with van der Waals surface area (Å²) in [6.07, 6.45) is 5.42. The monoisotopic (exact) mass is 438 g/mol. The number of benzene rings is 1. The second kappa shape index (κ2) is 10.1. The number of hydrogen-bond acceptors (Lipinski definition) is 6. The molecule has 0 spiro atoms. The van der Waals surface area contributed by atoms with Gasteiger partial charge in [-0.2, -0.15) is 0 Å². The van der Waals surface area contributed by atoms with E-state index in [0.29, 0.717) is 48.2 Å². The second-order valence-electron chi connectivity index (χ2n) is 8.25. The molecule has 0 unspecified atom stereocenters. The van der Waals surface area contributed by atoms with Crippen molar-refractivity contribution in [3.63, 3.8) is 0 Å². The van der Waals surface area contributed by atoms with Crippen LogP contribution in [0.5, 0.6) is 5.75 Å². The number of carbonyl (C=O) groups excluding carboxylic acids is 2. The van der Waals surface area contributed by atoms with Gasteiger partial charge in [0.15, 0.2) is 5.82 Å². The van der Waals surface area contributed by atoms with Crippen molar-refractivity contribution in [2.75, 3.05) is 40.0 Å². The Hall–Kier alpha value is -3.00. The van der Waals surface area contributed by atoms with Gasteiger partial charge in [-0.15, -0.1) is 0 Å². The van der Waals surface area contributed by atoms with Crippen molar-refractivity contribution in [3.8, 4) is 5.75 Å². The number of methoxy groups -OCH3 is 1. The van der Waals surface area contributed by atoms with E-state index in [1.807, 2.05) is 16.7 Å². The van der Waals surface area contributed by atoms with Crippen LogP contribution in [0.4, 0.5) is 0 Å². The second-order valence-corrected chi connectivity index (χ2v) is 8.25. The number of ether oxygens (including phenoxy) is 2. The molecule has 0 saturated carbocycles. The first-order valence-corrected chi connectivity index (χ1v) is 11.2. The highest BCUT2D eigenvalue weighted by Crippen LogP contribution is 2.32. The SMILES string of the molecule is COCCOc1ccc(C(=O)N2CCC[C@H]2c2ncc(C(=O)N3CCCC3)c(C)n2)cc1. The molecule has 0 radical (unpaired) electrons. The minimum Gasteiger partial charge on any atom is -0.491 e. The number of amides is 2. The van der Waals surface area contributed by atoms with Crippen molar-refractivity contribution in [1.82, 2.24) is 19.8 Å². The van der Waals surface area contributed by atoms with Crippen LogP contribution in [0.1, 0.15) is 64.0 Å². The molecule has 0 aliphatic carbocycles. The molecule has 170 valence electrons. The number of nitrogens with zero attached hydrogens (tertiary/aromatic N) is 4. The molecule has 3 heterocycles. The van der Waals surface area contributed by atoms with Gasteiger partial charge < -0.3 is 19.3 Å². The Morgan fingerprint density at radius 3 is 2.47 bits per heavy atom. The van der Waals surface area contributed by atoms with Crippen LogP contribution in [-0.2, 0) is 4.74 Å². The van der Waals surface area contributed by atoms with Gasteiger partial charge in [0.2, 0.25) is 0 Å². The van der Waals surface area contributed by atoms with Crippen LogP contribution >= 0.6 is 0 Å². The molecule has 2 amide bonds. The average molecular weight is 439 g/mol. The summed E-state index contributed by atoms with van der Waals surface area (Å²) in [6, 6.07) is 6.98. The third-order valence-electron chi connectivity index (χ3n) is 6.09. The van der Waals surface area contributed by atoms with E-state index in [1.165, 1.54) is 0 Å². The van der Waals surface area contributed by atoms with Crippen LogP contribution in [0.2, 0.25) is 0 Å². The lowest BCUT2D eigenvalue weighted by atomic mass is 10.1. The number of aromatic nitrogens is 2. The van der Waals surface area contributed by atoms with Gasteiger partial charge in [-0.1, -0.05) is 0 Å². The van der Waals surface area contributed by atoms with Crippen molar-refractivity contribution >= 4 is 11.8 Å². The van der Waals surface area contributed by atoms with E-state index in [0.717, 1.165) is 38.8 Å². The Bertz CT molecular complexity index is 957. The standard InChI is InChI=1S/C24H30N4O4/c1-17-20(24(30)27-11-3-4-12-27)16-25-22(26-17)21-6-5-13-28(21)23(29)18-7-9-19(10-8-18)32-15-14-31-2/h7-10,16,21H,3-6,11-15H2,1-2H3/t21-/m0/s1. The predicted octanol–water partition coefficient (Wildman–Crippen LogP) is 3.02. The van der Waals surface area contributed by atoms with Crippen molar-refractivity contribution in [3.05, 3.63) is 53.1 Å². The molecule has 1 aromatic heterocycles. The van der Waals surface area contributed by atoms with Crippen molar-refractivity contribution in [1.29, 1.82) is 0 Å². The smallest absolute Gasteiger partial charge is 0.257 e. The molecule has 1 atom stereocenters. The summed E-state index contributed by atoms with van der Waals surface area (Å²) in [4.78, 5) is 38.8. The highest BCUT2D eigenvalue weighted by molar-refractivity contribution is 5.95. The number of rotatable bonds is 7. The van der Waals surface area contributed by atoms with Crippen molar-refractivity contribution in [2.45, 2.75) is 38.6 Å².